The Bertz CT molecular complexity index is 2100. The summed E-state index contributed by atoms with van der Waals surface area (Å²) in [5, 5.41) is 7.02. The first kappa shape index (κ1) is 29.6. The summed E-state index contributed by atoms with van der Waals surface area (Å²) in [4.78, 5) is 7.06. The summed E-state index contributed by atoms with van der Waals surface area (Å²) < 4.78 is 4.18. The fourth-order valence-electron chi connectivity index (χ4n) is 5.81. The summed E-state index contributed by atoms with van der Waals surface area (Å²) in [5.74, 6) is 0.886. The van der Waals surface area contributed by atoms with E-state index in [-0.39, 0.29) is 26.5 Å². The Morgan fingerprint density at radius 2 is 1.48 bits per heavy atom. The van der Waals surface area contributed by atoms with E-state index in [1.54, 1.807) is 0 Å². The van der Waals surface area contributed by atoms with Crippen molar-refractivity contribution in [3.63, 3.8) is 0 Å². The average molecular weight is 755 g/mol. The molecule has 4 aromatic carbocycles. The second-order valence-corrected chi connectivity index (χ2v) is 12.0. The SMILES string of the molecule is Cc1cc(C)n(-c2[c-]c(N(c3[c-]c4c(cc3)c3ccccc3n4-c3cc(C(C)(C)C)ccn3)c3ccccc3)ccc2)n1.[Pt+2]. The Labute approximate surface area is 273 Å². The van der Waals surface area contributed by atoms with Crippen LogP contribution in [0.3, 0.4) is 0 Å². The summed E-state index contributed by atoms with van der Waals surface area (Å²) in [6, 6.07) is 43.3. The molecule has 0 radical (unpaired) electrons. The van der Waals surface area contributed by atoms with Crippen molar-refractivity contribution in [3.8, 4) is 11.5 Å². The third kappa shape index (κ3) is 5.26. The Morgan fingerprint density at radius 1 is 0.727 bits per heavy atom. The number of aryl methyl sites for hydroxylation is 2. The van der Waals surface area contributed by atoms with Crippen LogP contribution in [-0.2, 0) is 26.5 Å². The average Bonchev–Trinajstić information content (AvgIpc) is 3.53. The molecular formula is C38H33N5Pt. The molecule has 0 unspecified atom stereocenters. The molecule has 0 saturated carbocycles. The van der Waals surface area contributed by atoms with E-state index < -0.39 is 0 Å². The largest absolute Gasteiger partial charge is 2.00 e. The van der Waals surface area contributed by atoms with Gasteiger partial charge in [-0.2, -0.15) is 17.2 Å². The van der Waals surface area contributed by atoms with Crippen molar-refractivity contribution in [3.05, 3.63) is 138 Å². The van der Waals surface area contributed by atoms with Gasteiger partial charge in [0.1, 0.15) is 5.82 Å². The molecule has 0 saturated heterocycles. The van der Waals surface area contributed by atoms with E-state index in [4.69, 9.17) is 10.1 Å². The molecule has 44 heavy (non-hydrogen) atoms. The van der Waals surface area contributed by atoms with E-state index in [2.05, 4.69) is 140 Å². The molecule has 0 aliphatic rings. The number of rotatable bonds is 5. The standard InChI is InChI=1S/C38H33N5.Pt/c1-26-22-27(2)43(40-26)32-15-11-14-30(24-32)41(29-12-7-6-8-13-29)31-18-19-34-33-16-9-10-17-35(33)42(36(34)25-31)37-23-28(20-21-39-37)38(3,4)5;/h6-23H,1-5H3;/q-2;+2. The van der Waals surface area contributed by atoms with Gasteiger partial charge in [-0.25, -0.2) is 4.98 Å². The first-order valence-corrected chi connectivity index (χ1v) is 14.6. The molecule has 0 spiro atoms. The van der Waals surface area contributed by atoms with Gasteiger partial charge in [0, 0.05) is 23.1 Å². The molecule has 3 heterocycles. The van der Waals surface area contributed by atoms with Crippen molar-refractivity contribution < 1.29 is 21.1 Å². The minimum absolute atomic E-state index is 0. The van der Waals surface area contributed by atoms with Crippen molar-refractivity contribution in [1.29, 1.82) is 0 Å². The minimum atomic E-state index is 0. The third-order valence-corrected chi connectivity index (χ3v) is 7.91. The number of pyridine rings is 1. The molecule has 6 heteroatoms. The monoisotopic (exact) mass is 754 g/mol. The first-order chi connectivity index (χ1) is 20.8. The maximum Gasteiger partial charge on any atom is 2.00 e. The fourth-order valence-corrected chi connectivity index (χ4v) is 5.81. The number of aromatic nitrogens is 4. The molecule has 0 bridgehead atoms. The minimum Gasteiger partial charge on any atom is -0.358 e. The zero-order chi connectivity index (χ0) is 29.7. The summed E-state index contributed by atoms with van der Waals surface area (Å²) in [6.45, 7) is 10.8. The van der Waals surface area contributed by atoms with Gasteiger partial charge in [-0.3, -0.25) is 4.68 Å². The first-order valence-electron chi connectivity index (χ1n) is 14.6. The van der Waals surface area contributed by atoms with Crippen LogP contribution in [0.5, 0.6) is 0 Å². The van der Waals surface area contributed by atoms with E-state index in [1.807, 2.05) is 29.9 Å². The fraction of sp³-hybridized carbons (Fsp3) is 0.158. The van der Waals surface area contributed by atoms with E-state index in [0.29, 0.717) is 0 Å². The van der Waals surface area contributed by atoms with E-state index in [1.165, 1.54) is 10.9 Å². The number of hydrogen-bond acceptors (Lipinski definition) is 3. The van der Waals surface area contributed by atoms with Gasteiger partial charge in [-0.15, -0.1) is 35.7 Å². The molecule has 0 atom stereocenters. The van der Waals surface area contributed by atoms with Crippen LogP contribution in [0.15, 0.2) is 109 Å². The number of para-hydroxylation sites is 2. The van der Waals surface area contributed by atoms with Crippen LogP contribution in [0.4, 0.5) is 17.1 Å². The second-order valence-electron chi connectivity index (χ2n) is 12.0. The molecule has 220 valence electrons. The summed E-state index contributed by atoms with van der Waals surface area (Å²) in [5.41, 5.74) is 9.10. The predicted octanol–water partition coefficient (Wildman–Crippen LogP) is 9.35. The molecule has 0 aliphatic heterocycles. The van der Waals surface area contributed by atoms with Gasteiger partial charge in [0.2, 0.25) is 0 Å². The molecule has 0 N–H and O–H groups in total. The predicted molar refractivity (Wildman–Crippen MR) is 176 cm³/mol. The van der Waals surface area contributed by atoms with Crippen molar-refractivity contribution in [1.82, 2.24) is 19.3 Å². The molecule has 5 nitrogen and oxygen atoms in total. The number of hydrogen-bond donors (Lipinski definition) is 0. The second kappa shape index (κ2) is 11.6. The van der Waals surface area contributed by atoms with Gasteiger partial charge in [-0.05, 0) is 72.3 Å². The van der Waals surface area contributed by atoms with Gasteiger partial charge < -0.3 is 9.47 Å². The topological polar surface area (TPSA) is 38.9 Å². The van der Waals surface area contributed by atoms with E-state index >= 15 is 0 Å². The summed E-state index contributed by atoms with van der Waals surface area (Å²) in [6.07, 6.45) is 1.91. The molecule has 0 amide bonds. The molecule has 3 aromatic heterocycles. The van der Waals surface area contributed by atoms with Crippen molar-refractivity contribution in [2.75, 3.05) is 4.90 Å². The maximum absolute atomic E-state index is 4.86. The summed E-state index contributed by atoms with van der Waals surface area (Å²) >= 11 is 0. The third-order valence-electron chi connectivity index (χ3n) is 7.91. The van der Waals surface area contributed by atoms with Crippen LogP contribution in [0, 0.1) is 26.0 Å². The Morgan fingerprint density at radius 3 is 2.23 bits per heavy atom. The smallest absolute Gasteiger partial charge is 0.358 e. The van der Waals surface area contributed by atoms with E-state index in [9.17, 15) is 0 Å². The van der Waals surface area contributed by atoms with Crippen LogP contribution >= 0.6 is 0 Å². The Kier molecular flexibility index (Phi) is 7.77. The molecule has 7 aromatic rings. The van der Waals surface area contributed by atoms with Crippen LogP contribution in [0.25, 0.3) is 33.3 Å². The van der Waals surface area contributed by atoms with Gasteiger partial charge in [0.25, 0.3) is 0 Å². The number of anilines is 3. The van der Waals surface area contributed by atoms with Crippen LogP contribution < -0.4 is 4.90 Å². The van der Waals surface area contributed by atoms with Gasteiger partial charge in [0.15, 0.2) is 0 Å². The van der Waals surface area contributed by atoms with Crippen molar-refractivity contribution >= 4 is 38.9 Å². The Balaban J connectivity index is 0.00000343. The maximum atomic E-state index is 4.86. The molecular weight excluding hydrogens is 722 g/mol. The zero-order valence-corrected chi connectivity index (χ0v) is 27.7. The van der Waals surface area contributed by atoms with Crippen LogP contribution in [0.2, 0.25) is 0 Å². The number of fused-ring (bicyclic) bond motifs is 3. The van der Waals surface area contributed by atoms with Gasteiger partial charge in [0.05, 0.1) is 5.69 Å². The van der Waals surface area contributed by atoms with Gasteiger partial charge >= 0.3 is 21.1 Å². The normalized spacial score (nSPS) is 11.6. The quantitative estimate of drug-likeness (QED) is 0.165. The van der Waals surface area contributed by atoms with E-state index in [0.717, 1.165) is 56.4 Å². The van der Waals surface area contributed by atoms with Crippen LogP contribution in [0.1, 0.15) is 37.7 Å². The Hall–Kier alpha value is -4.47. The number of nitrogens with zero attached hydrogens (tertiary/aromatic N) is 5. The van der Waals surface area contributed by atoms with Crippen LogP contribution in [-0.4, -0.2) is 19.3 Å². The molecule has 0 aliphatic carbocycles. The molecule has 0 fully saturated rings. The number of benzene rings is 4. The van der Waals surface area contributed by atoms with Crippen molar-refractivity contribution in [2.24, 2.45) is 0 Å². The zero-order valence-electron chi connectivity index (χ0n) is 25.4. The molecule has 7 rings (SSSR count). The van der Waals surface area contributed by atoms with Crippen molar-refractivity contribution in [2.45, 2.75) is 40.0 Å². The summed E-state index contributed by atoms with van der Waals surface area (Å²) in [7, 11) is 0. The van der Waals surface area contributed by atoms with Gasteiger partial charge in [-0.1, -0.05) is 74.1 Å².